The molecule has 7 heteroatoms. The van der Waals surface area contributed by atoms with Gasteiger partial charge in [-0.15, -0.1) is 10.1 Å². The summed E-state index contributed by atoms with van der Waals surface area (Å²) in [4.78, 5) is 25.6. The molecule has 0 spiro atoms. The van der Waals surface area contributed by atoms with Gasteiger partial charge >= 0.3 is 5.97 Å². The Morgan fingerprint density at radius 1 is 1.25 bits per heavy atom. The molecule has 0 unspecified atom stereocenters. The van der Waals surface area contributed by atoms with Crippen LogP contribution in [0.25, 0.3) is 0 Å². The molecule has 0 heterocycles. The van der Waals surface area contributed by atoms with Gasteiger partial charge in [-0.2, -0.15) is 0 Å². The standard InChI is InChI=1S/C13H18N2O5/c14-12(10-11-6-2-1-3-7-11)13(16)19-8-4-5-9-20-15(17)18/h1-3,6-7,12H,4-5,8-10,14H2/t12-/m0/s1. The van der Waals surface area contributed by atoms with E-state index in [0.717, 1.165) is 5.56 Å². The van der Waals surface area contributed by atoms with Crippen molar-refractivity contribution in [1.29, 1.82) is 0 Å². The third kappa shape index (κ3) is 6.69. The molecule has 0 radical (unpaired) electrons. The zero-order valence-electron chi connectivity index (χ0n) is 11.1. The quantitative estimate of drug-likeness (QED) is 0.314. The van der Waals surface area contributed by atoms with Crippen LogP contribution in [0, 0.1) is 10.1 Å². The van der Waals surface area contributed by atoms with Gasteiger partial charge in [-0.25, -0.2) is 0 Å². The molecule has 0 bridgehead atoms. The van der Waals surface area contributed by atoms with Gasteiger partial charge in [0.25, 0.3) is 5.09 Å². The topological polar surface area (TPSA) is 105 Å². The van der Waals surface area contributed by atoms with Gasteiger partial charge in [-0.05, 0) is 24.8 Å². The largest absolute Gasteiger partial charge is 0.465 e. The van der Waals surface area contributed by atoms with E-state index in [0.29, 0.717) is 19.3 Å². The summed E-state index contributed by atoms with van der Waals surface area (Å²) in [5.41, 5.74) is 6.71. The van der Waals surface area contributed by atoms with Crippen molar-refractivity contribution in [2.24, 2.45) is 5.73 Å². The Morgan fingerprint density at radius 3 is 2.55 bits per heavy atom. The molecule has 1 rings (SSSR count). The zero-order chi connectivity index (χ0) is 14.8. The number of carbonyl (C=O) groups is 1. The lowest BCUT2D eigenvalue weighted by Crippen LogP contribution is -2.34. The van der Waals surface area contributed by atoms with Gasteiger partial charge in [0.1, 0.15) is 6.04 Å². The van der Waals surface area contributed by atoms with Gasteiger partial charge in [-0.3, -0.25) is 4.79 Å². The van der Waals surface area contributed by atoms with Crippen LogP contribution in [-0.2, 0) is 20.8 Å². The van der Waals surface area contributed by atoms with Gasteiger partial charge in [0.05, 0.1) is 13.2 Å². The fourth-order valence-electron chi connectivity index (χ4n) is 1.57. The molecule has 7 nitrogen and oxygen atoms in total. The van der Waals surface area contributed by atoms with Gasteiger partial charge in [-0.1, -0.05) is 30.3 Å². The highest BCUT2D eigenvalue weighted by molar-refractivity contribution is 5.75. The summed E-state index contributed by atoms with van der Waals surface area (Å²) in [5, 5.41) is 9.04. The lowest BCUT2D eigenvalue weighted by atomic mass is 10.1. The molecule has 0 amide bonds. The van der Waals surface area contributed by atoms with E-state index < -0.39 is 17.1 Å². The normalized spacial score (nSPS) is 11.7. The Labute approximate surface area is 116 Å². The number of benzene rings is 1. The maximum absolute atomic E-state index is 11.6. The highest BCUT2D eigenvalue weighted by atomic mass is 16.9. The molecule has 2 N–H and O–H groups in total. The highest BCUT2D eigenvalue weighted by Crippen LogP contribution is 2.03. The number of hydrogen-bond donors (Lipinski definition) is 1. The summed E-state index contributed by atoms with van der Waals surface area (Å²) >= 11 is 0. The monoisotopic (exact) mass is 282 g/mol. The summed E-state index contributed by atoms with van der Waals surface area (Å²) in [5.74, 6) is -0.468. The summed E-state index contributed by atoms with van der Waals surface area (Å²) < 4.78 is 4.99. The molecule has 0 saturated carbocycles. The molecule has 0 aliphatic carbocycles. The minimum Gasteiger partial charge on any atom is -0.465 e. The van der Waals surface area contributed by atoms with E-state index in [4.69, 9.17) is 10.5 Å². The average molecular weight is 282 g/mol. The molecule has 0 aliphatic heterocycles. The van der Waals surface area contributed by atoms with Crippen molar-refractivity contribution < 1.29 is 19.5 Å². The van der Waals surface area contributed by atoms with Crippen LogP contribution in [0.3, 0.4) is 0 Å². The number of rotatable bonds is 9. The molecule has 0 saturated heterocycles. The lowest BCUT2D eigenvalue weighted by Gasteiger charge is -2.11. The molecule has 110 valence electrons. The maximum atomic E-state index is 11.6. The molecule has 20 heavy (non-hydrogen) atoms. The van der Waals surface area contributed by atoms with Gasteiger partial charge < -0.3 is 15.3 Å². The number of nitrogens with two attached hydrogens (primary N) is 1. The van der Waals surface area contributed by atoms with Gasteiger partial charge in [0.15, 0.2) is 0 Å². The zero-order valence-corrected chi connectivity index (χ0v) is 11.1. The summed E-state index contributed by atoms with van der Waals surface area (Å²) in [7, 11) is 0. The smallest absolute Gasteiger partial charge is 0.323 e. The van der Waals surface area contributed by atoms with Gasteiger partial charge in [0, 0.05) is 0 Å². The van der Waals surface area contributed by atoms with E-state index in [1.807, 2.05) is 30.3 Å². The second-order valence-electron chi connectivity index (χ2n) is 4.23. The molecule has 0 fully saturated rings. The first-order chi connectivity index (χ1) is 9.59. The molecule has 0 aromatic heterocycles. The Balaban J connectivity index is 2.14. The van der Waals surface area contributed by atoms with Crippen molar-refractivity contribution >= 4 is 5.97 Å². The first-order valence-electron chi connectivity index (χ1n) is 6.33. The number of esters is 1. The summed E-state index contributed by atoms with van der Waals surface area (Å²) in [6.45, 7) is 0.184. The average Bonchev–Trinajstić information content (AvgIpc) is 2.43. The van der Waals surface area contributed by atoms with Crippen molar-refractivity contribution in [3.8, 4) is 0 Å². The Kier molecular flexibility index (Phi) is 7.05. The van der Waals surface area contributed by atoms with Crippen LogP contribution in [0.2, 0.25) is 0 Å². The van der Waals surface area contributed by atoms with Crippen LogP contribution >= 0.6 is 0 Å². The number of ether oxygens (including phenoxy) is 1. The SMILES string of the molecule is N[C@@H](Cc1ccccc1)C(=O)OCCCCO[N+](=O)[O-]. The van der Waals surface area contributed by atoms with E-state index in [9.17, 15) is 14.9 Å². The van der Waals surface area contributed by atoms with E-state index >= 15 is 0 Å². The Morgan fingerprint density at radius 2 is 1.90 bits per heavy atom. The van der Waals surface area contributed by atoms with E-state index in [1.54, 1.807) is 0 Å². The predicted molar refractivity (Wildman–Crippen MR) is 71.3 cm³/mol. The number of nitrogens with zero attached hydrogens (tertiary/aromatic N) is 1. The van der Waals surface area contributed by atoms with Gasteiger partial charge in [0.2, 0.25) is 0 Å². The molecule has 1 aromatic carbocycles. The number of carbonyl (C=O) groups excluding carboxylic acids is 1. The van der Waals surface area contributed by atoms with Crippen molar-refractivity contribution in [3.63, 3.8) is 0 Å². The van der Waals surface area contributed by atoms with Crippen LogP contribution in [0.15, 0.2) is 30.3 Å². The van der Waals surface area contributed by atoms with Crippen LogP contribution in [0.1, 0.15) is 18.4 Å². The minimum atomic E-state index is -0.845. The first-order valence-corrected chi connectivity index (χ1v) is 6.33. The second kappa shape index (κ2) is 8.87. The van der Waals surface area contributed by atoms with Crippen LogP contribution in [0.4, 0.5) is 0 Å². The lowest BCUT2D eigenvalue weighted by molar-refractivity contribution is -0.757. The van der Waals surface area contributed by atoms with Crippen LogP contribution in [0.5, 0.6) is 0 Å². The molecular weight excluding hydrogens is 264 g/mol. The third-order valence-electron chi connectivity index (χ3n) is 2.58. The van der Waals surface area contributed by atoms with E-state index in [2.05, 4.69) is 4.84 Å². The molecule has 1 atom stereocenters. The fraction of sp³-hybridized carbons (Fsp3) is 0.462. The molecular formula is C13H18N2O5. The number of hydrogen-bond acceptors (Lipinski definition) is 6. The second-order valence-corrected chi connectivity index (χ2v) is 4.23. The minimum absolute atomic E-state index is 0.000614. The van der Waals surface area contributed by atoms with Crippen LogP contribution in [-0.4, -0.2) is 30.3 Å². The van der Waals surface area contributed by atoms with Crippen molar-refractivity contribution in [2.45, 2.75) is 25.3 Å². The Bertz CT molecular complexity index is 424. The van der Waals surface area contributed by atoms with Crippen LogP contribution < -0.4 is 5.73 Å². The van der Waals surface area contributed by atoms with E-state index in [-0.39, 0.29) is 13.2 Å². The van der Waals surface area contributed by atoms with Crippen molar-refractivity contribution in [1.82, 2.24) is 0 Å². The molecule has 1 aromatic rings. The Hall–Kier alpha value is -2.15. The van der Waals surface area contributed by atoms with Crippen molar-refractivity contribution in [2.75, 3.05) is 13.2 Å². The predicted octanol–water partition coefficient (Wildman–Crippen LogP) is 1.09. The van der Waals surface area contributed by atoms with E-state index in [1.165, 1.54) is 0 Å². The molecule has 0 aliphatic rings. The highest BCUT2D eigenvalue weighted by Gasteiger charge is 2.15. The summed E-state index contributed by atoms with van der Waals surface area (Å²) in [6, 6.07) is 8.73. The van der Waals surface area contributed by atoms with Crippen molar-refractivity contribution in [3.05, 3.63) is 46.0 Å². The first kappa shape index (κ1) is 15.9. The number of unbranched alkanes of at least 4 members (excludes halogenated alkanes) is 1. The summed E-state index contributed by atoms with van der Waals surface area (Å²) in [6.07, 6.45) is 1.37. The fourth-order valence-corrected chi connectivity index (χ4v) is 1.57. The maximum Gasteiger partial charge on any atom is 0.323 e. The third-order valence-corrected chi connectivity index (χ3v) is 2.58.